The Hall–Kier alpha value is -1.90. The third kappa shape index (κ3) is 2.78. The smallest absolute Gasteiger partial charge is 0.252 e. The molecule has 1 heterocycles. The number of carbonyl (C=O) groups excluding carboxylic acids is 1. The van der Waals surface area contributed by atoms with Crippen LogP contribution in [0.5, 0.6) is 0 Å². The Morgan fingerprint density at radius 3 is 2.90 bits per heavy atom. The SMILES string of the molecule is CC1CCCC(NC(=O)c2cccc3ncccc23)C1C. The summed E-state index contributed by atoms with van der Waals surface area (Å²) in [6, 6.07) is 9.85. The topological polar surface area (TPSA) is 42.0 Å². The molecular formula is C18H22N2O. The average molecular weight is 282 g/mol. The summed E-state index contributed by atoms with van der Waals surface area (Å²) in [6.07, 6.45) is 5.31. The Labute approximate surface area is 125 Å². The zero-order chi connectivity index (χ0) is 14.8. The molecule has 3 unspecified atom stereocenters. The summed E-state index contributed by atoms with van der Waals surface area (Å²) in [6.45, 7) is 4.53. The lowest BCUT2D eigenvalue weighted by Gasteiger charge is -2.34. The van der Waals surface area contributed by atoms with Gasteiger partial charge in [0.2, 0.25) is 0 Å². The molecule has 21 heavy (non-hydrogen) atoms. The van der Waals surface area contributed by atoms with Crippen molar-refractivity contribution in [1.82, 2.24) is 10.3 Å². The lowest BCUT2D eigenvalue weighted by molar-refractivity contribution is 0.0893. The highest BCUT2D eigenvalue weighted by molar-refractivity contribution is 6.06. The van der Waals surface area contributed by atoms with Crippen molar-refractivity contribution >= 4 is 16.8 Å². The molecule has 1 aromatic heterocycles. The van der Waals surface area contributed by atoms with Gasteiger partial charge >= 0.3 is 0 Å². The number of carbonyl (C=O) groups is 1. The minimum absolute atomic E-state index is 0.0274. The number of aromatic nitrogens is 1. The highest BCUT2D eigenvalue weighted by atomic mass is 16.1. The van der Waals surface area contributed by atoms with Gasteiger partial charge in [0.1, 0.15) is 0 Å². The van der Waals surface area contributed by atoms with E-state index in [1.54, 1.807) is 6.20 Å². The van der Waals surface area contributed by atoms with Gasteiger partial charge in [-0.2, -0.15) is 0 Å². The molecule has 0 spiro atoms. The van der Waals surface area contributed by atoms with Crippen LogP contribution in [0.4, 0.5) is 0 Å². The van der Waals surface area contributed by atoms with Gasteiger partial charge in [-0.3, -0.25) is 9.78 Å². The molecule has 3 nitrogen and oxygen atoms in total. The lowest BCUT2D eigenvalue weighted by Crippen LogP contribution is -2.43. The van der Waals surface area contributed by atoms with Crippen LogP contribution in [0.2, 0.25) is 0 Å². The van der Waals surface area contributed by atoms with Gasteiger partial charge in [0, 0.05) is 23.2 Å². The Bertz CT molecular complexity index is 647. The minimum atomic E-state index is 0.0274. The first-order chi connectivity index (χ1) is 10.2. The predicted octanol–water partition coefficient (Wildman–Crippen LogP) is 3.79. The predicted molar refractivity (Wildman–Crippen MR) is 85.2 cm³/mol. The summed E-state index contributed by atoms with van der Waals surface area (Å²) in [5, 5.41) is 4.17. The van der Waals surface area contributed by atoms with E-state index in [9.17, 15) is 4.79 Å². The van der Waals surface area contributed by atoms with Gasteiger partial charge in [-0.15, -0.1) is 0 Å². The molecule has 0 aliphatic heterocycles. The standard InChI is InChI=1S/C18H22N2O/c1-12-6-3-9-16(13(12)2)20-18(21)15-7-4-10-17-14(15)8-5-11-19-17/h4-5,7-8,10-13,16H,3,6,9H2,1-2H3,(H,20,21). The van der Waals surface area contributed by atoms with E-state index in [0.29, 0.717) is 11.8 Å². The van der Waals surface area contributed by atoms with Crippen molar-refractivity contribution in [1.29, 1.82) is 0 Å². The van der Waals surface area contributed by atoms with E-state index in [0.717, 1.165) is 22.9 Å². The molecule has 0 saturated heterocycles. The first-order valence-corrected chi connectivity index (χ1v) is 7.81. The van der Waals surface area contributed by atoms with Crippen molar-refractivity contribution in [3.63, 3.8) is 0 Å². The van der Waals surface area contributed by atoms with E-state index in [1.165, 1.54) is 12.8 Å². The molecule has 3 heteroatoms. The molecular weight excluding hydrogens is 260 g/mol. The molecule has 0 radical (unpaired) electrons. The Morgan fingerprint density at radius 2 is 2.05 bits per heavy atom. The number of hydrogen-bond acceptors (Lipinski definition) is 2. The van der Waals surface area contributed by atoms with E-state index in [-0.39, 0.29) is 11.9 Å². The lowest BCUT2D eigenvalue weighted by atomic mass is 9.78. The number of rotatable bonds is 2. The van der Waals surface area contributed by atoms with Crippen molar-refractivity contribution in [2.24, 2.45) is 11.8 Å². The quantitative estimate of drug-likeness (QED) is 0.910. The molecule has 110 valence electrons. The number of benzene rings is 1. The van der Waals surface area contributed by atoms with E-state index < -0.39 is 0 Å². The van der Waals surface area contributed by atoms with Gasteiger partial charge in [-0.25, -0.2) is 0 Å². The van der Waals surface area contributed by atoms with Crippen molar-refractivity contribution in [2.75, 3.05) is 0 Å². The van der Waals surface area contributed by atoms with E-state index in [2.05, 4.69) is 24.1 Å². The fraction of sp³-hybridized carbons (Fsp3) is 0.444. The zero-order valence-electron chi connectivity index (χ0n) is 12.7. The third-order valence-electron chi connectivity index (χ3n) is 4.91. The molecule has 1 saturated carbocycles. The van der Waals surface area contributed by atoms with Crippen LogP contribution < -0.4 is 5.32 Å². The Morgan fingerprint density at radius 1 is 1.19 bits per heavy atom. The number of fused-ring (bicyclic) bond motifs is 1. The summed E-state index contributed by atoms with van der Waals surface area (Å²) in [5.41, 5.74) is 1.60. The number of nitrogens with one attached hydrogen (secondary N) is 1. The van der Waals surface area contributed by atoms with E-state index in [4.69, 9.17) is 0 Å². The normalized spacial score (nSPS) is 25.7. The van der Waals surface area contributed by atoms with Gasteiger partial charge in [0.25, 0.3) is 5.91 Å². The summed E-state index contributed by atoms with van der Waals surface area (Å²) in [7, 11) is 0. The number of pyridine rings is 1. The second-order valence-electron chi connectivity index (χ2n) is 6.22. The highest BCUT2D eigenvalue weighted by Crippen LogP contribution is 2.30. The summed E-state index contributed by atoms with van der Waals surface area (Å²) in [4.78, 5) is 17.0. The van der Waals surface area contributed by atoms with Gasteiger partial charge in [0.15, 0.2) is 0 Å². The fourth-order valence-electron chi connectivity index (χ4n) is 3.33. The molecule has 0 bridgehead atoms. The van der Waals surface area contributed by atoms with Gasteiger partial charge in [-0.1, -0.05) is 38.8 Å². The molecule has 1 N–H and O–H groups in total. The maximum absolute atomic E-state index is 12.6. The van der Waals surface area contributed by atoms with Crippen LogP contribution in [-0.4, -0.2) is 16.9 Å². The highest BCUT2D eigenvalue weighted by Gasteiger charge is 2.28. The fourth-order valence-corrected chi connectivity index (χ4v) is 3.33. The zero-order valence-corrected chi connectivity index (χ0v) is 12.7. The van der Waals surface area contributed by atoms with Crippen LogP contribution in [-0.2, 0) is 0 Å². The minimum Gasteiger partial charge on any atom is -0.349 e. The van der Waals surface area contributed by atoms with Crippen LogP contribution in [0, 0.1) is 11.8 Å². The van der Waals surface area contributed by atoms with Gasteiger partial charge < -0.3 is 5.32 Å². The molecule has 3 rings (SSSR count). The van der Waals surface area contributed by atoms with Crippen molar-refractivity contribution in [2.45, 2.75) is 39.2 Å². The second-order valence-corrected chi connectivity index (χ2v) is 6.22. The van der Waals surface area contributed by atoms with Crippen molar-refractivity contribution in [3.05, 3.63) is 42.1 Å². The van der Waals surface area contributed by atoms with Gasteiger partial charge in [0.05, 0.1) is 5.52 Å². The van der Waals surface area contributed by atoms with E-state index in [1.807, 2.05) is 30.3 Å². The van der Waals surface area contributed by atoms with Crippen LogP contribution >= 0.6 is 0 Å². The largest absolute Gasteiger partial charge is 0.349 e. The Balaban J connectivity index is 1.84. The number of nitrogens with zero attached hydrogens (tertiary/aromatic N) is 1. The van der Waals surface area contributed by atoms with Crippen LogP contribution in [0.15, 0.2) is 36.5 Å². The molecule has 1 aliphatic carbocycles. The summed E-state index contributed by atoms with van der Waals surface area (Å²) in [5.74, 6) is 1.24. The molecule has 2 aromatic rings. The van der Waals surface area contributed by atoms with Gasteiger partial charge in [-0.05, 0) is 36.5 Å². The molecule has 1 aliphatic rings. The van der Waals surface area contributed by atoms with Crippen LogP contribution in [0.25, 0.3) is 10.9 Å². The second kappa shape index (κ2) is 5.84. The summed E-state index contributed by atoms with van der Waals surface area (Å²) >= 11 is 0. The molecule has 1 aromatic carbocycles. The van der Waals surface area contributed by atoms with E-state index >= 15 is 0 Å². The maximum atomic E-state index is 12.6. The number of hydrogen-bond donors (Lipinski definition) is 1. The molecule has 1 amide bonds. The molecule has 3 atom stereocenters. The maximum Gasteiger partial charge on any atom is 0.252 e. The van der Waals surface area contributed by atoms with Crippen molar-refractivity contribution in [3.8, 4) is 0 Å². The van der Waals surface area contributed by atoms with Crippen LogP contribution in [0.3, 0.4) is 0 Å². The number of amides is 1. The third-order valence-corrected chi connectivity index (χ3v) is 4.91. The van der Waals surface area contributed by atoms with Crippen LogP contribution in [0.1, 0.15) is 43.5 Å². The monoisotopic (exact) mass is 282 g/mol. The molecule has 1 fully saturated rings. The first-order valence-electron chi connectivity index (χ1n) is 7.81. The van der Waals surface area contributed by atoms with Crippen molar-refractivity contribution < 1.29 is 4.79 Å². The first kappa shape index (κ1) is 14.1. The summed E-state index contributed by atoms with van der Waals surface area (Å²) < 4.78 is 0. The Kier molecular flexibility index (Phi) is 3.91. The average Bonchev–Trinajstić information content (AvgIpc) is 2.51.